The molecule has 132 valence electrons. The molecule has 0 spiro atoms. The maximum atomic E-state index is 14.0. The molecular weight excluding hydrogens is 369 g/mol. The Balaban J connectivity index is 1.95. The number of anilines is 1. The predicted octanol–water partition coefficient (Wildman–Crippen LogP) is 2.64. The first-order valence-electron chi connectivity index (χ1n) is 7.23. The molecule has 1 heterocycles. The molecular formula is C16H15ClFN3O3S. The van der Waals surface area contributed by atoms with Crippen LogP contribution in [-0.4, -0.2) is 27.4 Å². The van der Waals surface area contributed by atoms with E-state index in [-0.39, 0.29) is 10.6 Å². The molecule has 2 unspecified atom stereocenters. The zero-order valence-electron chi connectivity index (χ0n) is 13.1. The second-order valence-electron chi connectivity index (χ2n) is 5.42. The van der Waals surface area contributed by atoms with Crippen molar-refractivity contribution in [2.24, 2.45) is 10.1 Å². The molecule has 0 bridgehead atoms. The van der Waals surface area contributed by atoms with E-state index >= 15 is 0 Å². The molecule has 6 nitrogen and oxygen atoms in total. The molecule has 0 saturated carbocycles. The predicted molar refractivity (Wildman–Crippen MR) is 94.1 cm³/mol. The zero-order chi connectivity index (χ0) is 18.2. The van der Waals surface area contributed by atoms with Crippen molar-refractivity contribution in [2.45, 2.75) is 16.4 Å². The molecule has 3 rings (SSSR count). The van der Waals surface area contributed by atoms with Crippen molar-refractivity contribution in [1.29, 1.82) is 0 Å². The van der Waals surface area contributed by atoms with Gasteiger partial charge in [-0.3, -0.25) is 4.99 Å². The van der Waals surface area contributed by atoms with Gasteiger partial charge in [0, 0.05) is 5.69 Å². The molecule has 2 aromatic rings. The van der Waals surface area contributed by atoms with E-state index in [2.05, 4.69) is 4.99 Å². The lowest BCUT2D eigenvalue weighted by Crippen LogP contribution is -2.26. The molecule has 0 amide bonds. The van der Waals surface area contributed by atoms with Crippen LogP contribution in [0.15, 0.2) is 52.4 Å². The van der Waals surface area contributed by atoms with Gasteiger partial charge in [0.15, 0.2) is 11.6 Å². The van der Waals surface area contributed by atoms with Crippen LogP contribution in [0.25, 0.3) is 0 Å². The SMILES string of the molecule is COc1ccc(C2C(Cl)N=CN2c2ccc(S(N)(=O)=O)cc2)cc1F. The smallest absolute Gasteiger partial charge is 0.238 e. The van der Waals surface area contributed by atoms with Crippen LogP contribution in [0.3, 0.4) is 0 Å². The molecule has 0 fully saturated rings. The second-order valence-corrected chi connectivity index (χ2v) is 7.43. The van der Waals surface area contributed by atoms with Crippen LogP contribution in [0.4, 0.5) is 10.1 Å². The Morgan fingerprint density at radius 1 is 1.24 bits per heavy atom. The first-order valence-corrected chi connectivity index (χ1v) is 9.21. The number of hydrogen-bond donors (Lipinski definition) is 1. The van der Waals surface area contributed by atoms with Crippen molar-refractivity contribution in [3.8, 4) is 5.75 Å². The number of aliphatic imine (C=N–C) groups is 1. The number of sulfonamides is 1. The third-order valence-corrected chi connectivity index (χ3v) is 5.16. The topological polar surface area (TPSA) is 85.0 Å². The Labute approximate surface area is 149 Å². The minimum Gasteiger partial charge on any atom is -0.494 e. The molecule has 25 heavy (non-hydrogen) atoms. The van der Waals surface area contributed by atoms with E-state index < -0.39 is 27.4 Å². The van der Waals surface area contributed by atoms with Crippen LogP contribution in [0, 0.1) is 5.82 Å². The Kier molecular flexibility index (Phi) is 4.68. The number of alkyl halides is 1. The summed E-state index contributed by atoms with van der Waals surface area (Å²) in [7, 11) is -2.39. The third kappa shape index (κ3) is 3.46. The number of ether oxygens (including phenoxy) is 1. The molecule has 2 aromatic carbocycles. The number of benzene rings is 2. The quantitative estimate of drug-likeness (QED) is 0.649. The number of primary sulfonamides is 1. The zero-order valence-corrected chi connectivity index (χ0v) is 14.7. The van der Waals surface area contributed by atoms with Gasteiger partial charge in [-0.2, -0.15) is 0 Å². The Hall–Kier alpha value is -2.16. The molecule has 0 saturated heterocycles. The molecule has 9 heteroatoms. The molecule has 0 aliphatic carbocycles. The average Bonchev–Trinajstić information content (AvgIpc) is 2.95. The minimum atomic E-state index is -3.77. The first-order chi connectivity index (χ1) is 11.8. The van der Waals surface area contributed by atoms with Gasteiger partial charge >= 0.3 is 0 Å². The highest BCUT2D eigenvalue weighted by atomic mass is 35.5. The van der Waals surface area contributed by atoms with Crippen LogP contribution in [0.2, 0.25) is 0 Å². The summed E-state index contributed by atoms with van der Waals surface area (Å²) in [6.07, 6.45) is 1.54. The number of methoxy groups -OCH3 is 1. The van der Waals surface area contributed by atoms with E-state index in [1.807, 2.05) is 0 Å². The van der Waals surface area contributed by atoms with E-state index in [1.54, 1.807) is 23.1 Å². The highest BCUT2D eigenvalue weighted by Crippen LogP contribution is 2.37. The molecule has 2 atom stereocenters. The largest absolute Gasteiger partial charge is 0.494 e. The molecule has 1 aliphatic heterocycles. The maximum Gasteiger partial charge on any atom is 0.238 e. The lowest BCUT2D eigenvalue weighted by molar-refractivity contribution is 0.386. The summed E-state index contributed by atoms with van der Waals surface area (Å²) < 4.78 is 41.7. The van der Waals surface area contributed by atoms with Gasteiger partial charge in [-0.25, -0.2) is 17.9 Å². The molecule has 2 N–H and O–H groups in total. The van der Waals surface area contributed by atoms with Gasteiger partial charge in [0.2, 0.25) is 10.0 Å². The summed E-state index contributed by atoms with van der Waals surface area (Å²) in [5.41, 5.74) is 0.651. The average molecular weight is 384 g/mol. The third-order valence-electron chi connectivity index (χ3n) is 3.87. The number of hydrogen-bond acceptors (Lipinski definition) is 5. The highest BCUT2D eigenvalue weighted by Gasteiger charge is 2.32. The van der Waals surface area contributed by atoms with Gasteiger partial charge in [0.05, 0.1) is 24.4 Å². The monoisotopic (exact) mass is 383 g/mol. The second kappa shape index (κ2) is 6.62. The molecule has 0 aromatic heterocycles. The van der Waals surface area contributed by atoms with Crippen LogP contribution >= 0.6 is 11.6 Å². The summed E-state index contributed by atoms with van der Waals surface area (Å²) >= 11 is 6.28. The molecule has 0 radical (unpaired) electrons. The summed E-state index contributed by atoms with van der Waals surface area (Å²) in [5.74, 6) is -0.363. The maximum absolute atomic E-state index is 14.0. The van der Waals surface area contributed by atoms with Crippen LogP contribution < -0.4 is 14.8 Å². The van der Waals surface area contributed by atoms with E-state index in [0.29, 0.717) is 11.3 Å². The van der Waals surface area contributed by atoms with Gasteiger partial charge in [-0.05, 0) is 42.0 Å². The Bertz CT molecular complexity index is 919. The van der Waals surface area contributed by atoms with Crippen LogP contribution in [0.1, 0.15) is 11.6 Å². The van der Waals surface area contributed by atoms with E-state index in [0.717, 1.165) is 0 Å². The fourth-order valence-corrected chi connectivity index (χ4v) is 3.48. The number of rotatable bonds is 4. The van der Waals surface area contributed by atoms with Crippen molar-refractivity contribution in [1.82, 2.24) is 0 Å². The fourth-order valence-electron chi connectivity index (χ4n) is 2.64. The van der Waals surface area contributed by atoms with Gasteiger partial charge in [-0.1, -0.05) is 17.7 Å². The summed E-state index contributed by atoms with van der Waals surface area (Å²) in [6, 6.07) is 10.1. The highest BCUT2D eigenvalue weighted by molar-refractivity contribution is 7.89. The Morgan fingerprint density at radius 2 is 1.92 bits per heavy atom. The van der Waals surface area contributed by atoms with Gasteiger partial charge in [-0.15, -0.1) is 0 Å². The van der Waals surface area contributed by atoms with Crippen molar-refractivity contribution >= 4 is 33.7 Å². The fraction of sp³-hybridized carbons (Fsp3) is 0.188. The lowest BCUT2D eigenvalue weighted by Gasteiger charge is -2.26. The van der Waals surface area contributed by atoms with Crippen molar-refractivity contribution in [2.75, 3.05) is 12.0 Å². The van der Waals surface area contributed by atoms with Crippen molar-refractivity contribution in [3.05, 3.63) is 53.8 Å². The van der Waals surface area contributed by atoms with Gasteiger partial charge in [0.25, 0.3) is 0 Å². The van der Waals surface area contributed by atoms with Crippen LogP contribution in [-0.2, 0) is 10.0 Å². The number of halogens is 2. The van der Waals surface area contributed by atoms with Gasteiger partial charge in [0.1, 0.15) is 5.50 Å². The van der Waals surface area contributed by atoms with Crippen molar-refractivity contribution in [3.63, 3.8) is 0 Å². The van der Waals surface area contributed by atoms with Gasteiger partial charge < -0.3 is 9.64 Å². The molecule has 1 aliphatic rings. The normalized spacial score (nSPS) is 20.1. The summed E-state index contributed by atoms with van der Waals surface area (Å²) in [4.78, 5) is 5.91. The Morgan fingerprint density at radius 3 is 2.48 bits per heavy atom. The lowest BCUT2D eigenvalue weighted by atomic mass is 10.0. The minimum absolute atomic E-state index is 0.00171. The van der Waals surface area contributed by atoms with E-state index in [1.165, 1.54) is 37.7 Å². The summed E-state index contributed by atoms with van der Waals surface area (Å²) in [6.45, 7) is 0. The van der Waals surface area contributed by atoms with Crippen LogP contribution in [0.5, 0.6) is 5.75 Å². The van der Waals surface area contributed by atoms with E-state index in [4.69, 9.17) is 21.5 Å². The number of nitrogens with zero attached hydrogens (tertiary/aromatic N) is 2. The van der Waals surface area contributed by atoms with E-state index in [9.17, 15) is 12.8 Å². The standard InChI is InChI=1S/C16H15ClFN3O3S/c1-24-14-7-2-10(8-13(14)18)15-16(17)20-9-21(15)11-3-5-12(6-4-11)25(19,22)23/h2-9,15-16H,1H3,(H2,19,22,23). The number of nitrogens with two attached hydrogens (primary N) is 1. The summed E-state index contributed by atoms with van der Waals surface area (Å²) in [5, 5.41) is 5.10. The van der Waals surface area contributed by atoms with Crippen molar-refractivity contribution < 1.29 is 17.5 Å². The first kappa shape index (κ1) is 17.7.